The second-order valence-corrected chi connectivity index (χ2v) is 11.3. The highest BCUT2D eigenvalue weighted by Crippen LogP contribution is 2.34. The Bertz CT molecular complexity index is 1290. The first-order valence-corrected chi connectivity index (χ1v) is 14.7. The van der Waals surface area contributed by atoms with E-state index in [1.165, 1.54) is 0 Å². The summed E-state index contributed by atoms with van der Waals surface area (Å²) in [5.41, 5.74) is 4.89. The second kappa shape index (κ2) is 13.1. The van der Waals surface area contributed by atoms with Crippen LogP contribution in [0.15, 0.2) is 66.7 Å². The van der Waals surface area contributed by atoms with Crippen molar-refractivity contribution in [1.29, 1.82) is 0 Å². The highest BCUT2D eigenvalue weighted by molar-refractivity contribution is 6.31. The molecule has 0 aliphatic carbocycles. The van der Waals surface area contributed by atoms with Crippen molar-refractivity contribution < 1.29 is 19.4 Å². The van der Waals surface area contributed by atoms with Gasteiger partial charge in [0.1, 0.15) is 5.75 Å². The van der Waals surface area contributed by atoms with E-state index < -0.39 is 6.10 Å². The molecule has 1 amide bonds. The molecule has 0 radical (unpaired) electrons. The molecule has 0 spiro atoms. The molecule has 3 atom stereocenters. The standard InChI is InChI=1S/C33H39ClN2O4/c1-3-39-29-12-9-23(10-13-29)17-26-18-24(11-14-31(26)34)32-21-28(37)20-30(40-32)22-35(2)27-8-6-7-25(19-27)33(38)36-15-4-5-16-36/h6-14,18-19,28,30,32,37H,3-5,15-17,20-22H2,1-2H3/t28-,30-,32+/m0/s1. The van der Waals surface area contributed by atoms with Crippen molar-refractivity contribution in [2.75, 3.05) is 38.2 Å². The summed E-state index contributed by atoms with van der Waals surface area (Å²) in [5, 5.41) is 11.5. The number of rotatable bonds is 9. The molecule has 40 heavy (non-hydrogen) atoms. The van der Waals surface area contributed by atoms with Gasteiger partial charge in [0.2, 0.25) is 0 Å². The molecular formula is C33H39ClN2O4. The minimum Gasteiger partial charge on any atom is -0.494 e. The zero-order valence-electron chi connectivity index (χ0n) is 23.4. The molecule has 2 aliphatic heterocycles. The topological polar surface area (TPSA) is 62.2 Å². The highest BCUT2D eigenvalue weighted by atomic mass is 35.5. The van der Waals surface area contributed by atoms with Gasteiger partial charge in [0, 0.05) is 55.8 Å². The third kappa shape index (κ3) is 6.98. The molecule has 2 saturated heterocycles. The molecule has 0 bridgehead atoms. The minimum atomic E-state index is -0.453. The smallest absolute Gasteiger partial charge is 0.253 e. The Morgan fingerprint density at radius 2 is 1.85 bits per heavy atom. The predicted molar refractivity (Wildman–Crippen MR) is 160 cm³/mol. The summed E-state index contributed by atoms with van der Waals surface area (Å²) in [7, 11) is 2.01. The number of amides is 1. The van der Waals surface area contributed by atoms with E-state index in [9.17, 15) is 9.90 Å². The Labute approximate surface area is 242 Å². The van der Waals surface area contributed by atoms with Gasteiger partial charge in [0.05, 0.1) is 24.9 Å². The van der Waals surface area contributed by atoms with E-state index in [4.69, 9.17) is 21.1 Å². The van der Waals surface area contributed by atoms with Gasteiger partial charge in [-0.3, -0.25) is 4.79 Å². The molecular weight excluding hydrogens is 524 g/mol. The number of anilines is 1. The lowest BCUT2D eigenvalue weighted by Crippen LogP contribution is -2.39. The molecule has 5 rings (SSSR count). The van der Waals surface area contributed by atoms with Crippen LogP contribution in [0.5, 0.6) is 5.75 Å². The summed E-state index contributed by atoms with van der Waals surface area (Å²) in [6.07, 6.45) is 3.14. The molecule has 2 fully saturated rings. The molecule has 0 saturated carbocycles. The lowest BCUT2D eigenvalue weighted by molar-refractivity contribution is -0.0933. The third-order valence-electron chi connectivity index (χ3n) is 7.85. The summed E-state index contributed by atoms with van der Waals surface area (Å²) >= 11 is 6.59. The predicted octanol–water partition coefficient (Wildman–Crippen LogP) is 6.28. The van der Waals surface area contributed by atoms with Gasteiger partial charge in [0.25, 0.3) is 5.91 Å². The number of benzene rings is 3. The van der Waals surface area contributed by atoms with Gasteiger partial charge in [0.15, 0.2) is 0 Å². The normalized spacial score (nSPS) is 20.9. The Morgan fingerprint density at radius 3 is 2.60 bits per heavy atom. The molecule has 1 N–H and O–H groups in total. The number of aliphatic hydroxyl groups is 1. The van der Waals surface area contributed by atoms with E-state index in [2.05, 4.69) is 23.1 Å². The molecule has 212 valence electrons. The summed E-state index contributed by atoms with van der Waals surface area (Å²) < 4.78 is 12.1. The van der Waals surface area contributed by atoms with E-state index >= 15 is 0 Å². The number of nitrogens with zero attached hydrogens (tertiary/aromatic N) is 2. The van der Waals surface area contributed by atoms with Crippen LogP contribution in [-0.2, 0) is 11.2 Å². The Kier molecular flexibility index (Phi) is 9.30. The number of hydrogen-bond acceptors (Lipinski definition) is 5. The fourth-order valence-corrected chi connectivity index (χ4v) is 5.92. The SMILES string of the molecule is CCOc1ccc(Cc2cc([C@H]3C[C@@H](O)C[C@@H](CN(C)c4cccc(C(=O)N5CCCC5)c4)O3)ccc2Cl)cc1. The Balaban J connectivity index is 1.25. The van der Waals surface area contributed by atoms with Gasteiger partial charge in [-0.25, -0.2) is 0 Å². The average Bonchev–Trinajstić information content (AvgIpc) is 3.50. The number of likely N-dealkylation sites (N-methyl/N-ethyl adjacent to an activating group) is 1. The third-order valence-corrected chi connectivity index (χ3v) is 8.22. The number of likely N-dealkylation sites (tertiary alicyclic amines) is 1. The molecule has 3 aromatic carbocycles. The number of hydrogen-bond donors (Lipinski definition) is 1. The van der Waals surface area contributed by atoms with Crippen molar-refractivity contribution in [3.63, 3.8) is 0 Å². The monoisotopic (exact) mass is 562 g/mol. The first-order chi connectivity index (χ1) is 19.4. The van der Waals surface area contributed by atoms with Gasteiger partial charge in [-0.05, 0) is 79.3 Å². The average molecular weight is 563 g/mol. The molecule has 6 nitrogen and oxygen atoms in total. The summed E-state index contributed by atoms with van der Waals surface area (Å²) in [6, 6.07) is 21.9. The van der Waals surface area contributed by atoms with Crippen molar-refractivity contribution in [2.45, 2.75) is 57.3 Å². The summed E-state index contributed by atoms with van der Waals surface area (Å²) in [4.78, 5) is 16.9. The van der Waals surface area contributed by atoms with Crippen LogP contribution in [-0.4, -0.2) is 61.4 Å². The van der Waals surface area contributed by atoms with Gasteiger partial charge in [-0.1, -0.05) is 41.9 Å². The van der Waals surface area contributed by atoms with Crippen molar-refractivity contribution in [3.05, 3.63) is 94.0 Å². The molecule has 2 aliphatic rings. The van der Waals surface area contributed by atoms with E-state index in [1.807, 2.05) is 67.4 Å². The van der Waals surface area contributed by atoms with Crippen molar-refractivity contribution >= 4 is 23.2 Å². The number of ether oxygens (including phenoxy) is 2. The summed E-state index contributed by atoms with van der Waals surface area (Å²) in [5.74, 6) is 0.956. The molecule has 0 unspecified atom stereocenters. The lowest BCUT2D eigenvalue weighted by Gasteiger charge is -2.36. The first-order valence-electron chi connectivity index (χ1n) is 14.3. The quantitative estimate of drug-likeness (QED) is 0.332. The van der Waals surface area contributed by atoms with Gasteiger partial charge in [-0.15, -0.1) is 0 Å². The van der Waals surface area contributed by atoms with E-state index in [1.54, 1.807) is 0 Å². The molecule has 2 heterocycles. The molecule has 0 aromatic heterocycles. The molecule has 3 aromatic rings. The van der Waals surface area contributed by atoms with Gasteiger partial charge < -0.3 is 24.4 Å². The van der Waals surface area contributed by atoms with Crippen LogP contribution in [0.25, 0.3) is 0 Å². The van der Waals surface area contributed by atoms with Crippen molar-refractivity contribution in [3.8, 4) is 5.75 Å². The second-order valence-electron chi connectivity index (χ2n) is 10.9. The minimum absolute atomic E-state index is 0.0981. The maximum atomic E-state index is 12.9. The number of aliphatic hydroxyl groups excluding tert-OH is 1. The van der Waals surface area contributed by atoms with Crippen LogP contribution >= 0.6 is 11.6 Å². The maximum Gasteiger partial charge on any atom is 0.253 e. The van der Waals surface area contributed by atoms with E-state index in [0.717, 1.165) is 59.6 Å². The lowest BCUT2D eigenvalue weighted by atomic mass is 9.93. The van der Waals surface area contributed by atoms with E-state index in [0.29, 0.717) is 37.4 Å². The zero-order valence-corrected chi connectivity index (χ0v) is 24.1. The first kappa shape index (κ1) is 28.5. The van der Waals surface area contributed by atoms with Crippen LogP contribution in [0.2, 0.25) is 5.02 Å². The fourth-order valence-electron chi connectivity index (χ4n) is 5.73. The number of carbonyl (C=O) groups is 1. The van der Waals surface area contributed by atoms with Crippen LogP contribution < -0.4 is 9.64 Å². The fraction of sp³-hybridized carbons (Fsp3) is 0.424. The van der Waals surface area contributed by atoms with Crippen LogP contribution in [0.3, 0.4) is 0 Å². The Hall–Kier alpha value is -3.06. The van der Waals surface area contributed by atoms with Gasteiger partial charge in [-0.2, -0.15) is 0 Å². The van der Waals surface area contributed by atoms with Crippen molar-refractivity contribution in [1.82, 2.24) is 4.90 Å². The highest BCUT2D eigenvalue weighted by Gasteiger charge is 2.31. The van der Waals surface area contributed by atoms with Crippen molar-refractivity contribution in [2.24, 2.45) is 0 Å². The Morgan fingerprint density at radius 1 is 1.07 bits per heavy atom. The zero-order chi connectivity index (χ0) is 28.1. The summed E-state index contributed by atoms with van der Waals surface area (Å²) in [6.45, 7) is 4.90. The van der Waals surface area contributed by atoms with Gasteiger partial charge >= 0.3 is 0 Å². The largest absolute Gasteiger partial charge is 0.494 e. The number of halogens is 1. The van der Waals surface area contributed by atoms with Crippen LogP contribution in [0, 0.1) is 0 Å². The van der Waals surface area contributed by atoms with E-state index in [-0.39, 0.29) is 18.1 Å². The molecule has 7 heteroatoms. The van der Waals surface area contributed by atoms with Crippen LogP contribution in [0.1, 0.15) is 65.8 Å². The van der Waals surface area contributed by atoms with Crippen LogP contribution in [0.4, 0.5) is 5.69 Å². The number of carbonyl (C=O) groups excluding carboxylic acids is 1. The maximum absolute atomic E-state index is 12.9.